The van der Waals surface area contributed by atoms with Crippen molar-refractivity contribution in [2.45, 2.75) is 0 Å². The molecular weight excluding hydrogens is 269 g/mol. The number of rotatable bonds is 4. The minimum absolute atomic E-state index is 0.0632. The number of carbonyl (C=O) groups is 1. The molecule has 2 aromatic carbocycles. The molecule has 0 saturated heterocycles. The lowest BCUT2D eigenvalue weighted by Crippen LogP contribution is -2.25. The number of Topliss-reactive ketones (excluding diaryl/α,β-unsaturated/α-hetero) is 1. The van der Waals surface area contributed by atoms with Crippen molar-refractivity contribution in [3.8, 4) is 0 Å². The van der Waals surface area contributed by atoms with Gasteiger partial charge >= 0.3 is 0 Å². The molecule has 106 valence electrons. The topological polar surface area (TPSA) is 33.5 Å². The van der Waals surface area contributed by atoms with Crippen LogP contribution in [0, 0.1) is 5.82 Å². The number of benzene rings is 2. The van der Waals surface area contributed by atoms with Crippen molar-refractivity contribution in [2.24, 2.45) is 0 Å². The number of anilines is 1. The highest BCUT2D eigenvalue weighted by Gasteiger charge is 2.15. The fraction of sp³-hybridized carbons (Fsp3) is 0.118. The predicted octanol–water partition coefficient (Wildman–Crippen LogP) is 3.89. The molecule has 0 N–H and O–H groups in total. The summed E-state index contributed by atoms with van der Waals surface area (Å²) in [5.74, 6) is -0.382. The van der Waals surface area contributed by atoms with Gasteiger partial charge in [0.25, 0.3) is 0 Å². The van der Waals surface area contributed by atoms with Crippen LogP contribution in [0.4, 0.5) is 10.1 Å². The van der Waals surface area contributed by atoms with E-state index in [2.05, 4.69) is 0 Å². The Labute approximate surface area is 121 Å². The molecular formula is C17H14FNO2. The maximum Gasteiger partial charge on any atom is 0.185 e. The van der Waals surface area contributed by atoms with Gasteiger partial charge in [0.05, 0.1) is 12.1 Å². The quantitative estimate of drug-likeness (QED) is 0.681. The van der Waals surface area contributed by atoms with Crippen LogP contribution in [-0.2, 0) is 0 Å². The summed E-state index contributed by atoms with van der Waals surface area (Å²) in [7, 11) is 1.76. The number of para-hydroxylation sites is 1. The molecule has 0 radical (unpaired) electrons. The Bertz CT molecular complexity index is 794. The molecule has 0 spiro atoms. The van der Waals surface area contributed by atoms with Gasteiger partial charge in [-0.15, -0.1) is 0 Å². The van der Waals surface area contributed by atoms with Crippen LogP contribution in [0.15, 0.2) is 59.2 Å². The highest BCUT2D eigenvalue weighted by atomic mass is 19.1. The van der Waals surface area contributed by atoms with Crippen molar-refractivity contribution in [1.82, 2.24) is 0 Å². The van der Waals surface area contributed by atoms with E-state index in [4.69, 9.17) is 4.42 Å². The largest absolute Gasteiger partial charge is 0.464 e. The van der Waals surface area contributed by atoms with Gasteiger partial charge < -0.3 is 9.32 Å². The fourth-order valence-corrected chi connectivity index (χ4v) is 2.30. The third-order valence-electron chi connectivity index (χ3n) is 3.41. The van der Waals surface area contributed by atoms with E-state index in [0.717, 1.165) is 5.39 Å². The molecule has 0 fully saturated rings. The first-order valence-corrected chi connectivity index (χ1v) is 6.61. The van der Waals surface area contributed by atoms with E-state index in [1.165, 1.54) is 18.4 Å². The second kappa shape index (κ2) is 5.40. The zero-order valence-corrected chi connectivity index (χ0v) is 11.5. The van der Waals surface area contributed by atoms with Crippen molar-refractivity contribution in [1.29, 1.82) is 0 Å². The first-order valence-electron chi connectivity index (χ1n) is 6.61. The van der Waals surface area contributed by atoms with E-state index in [9.17, 15) is 9.18 Å². The second-order valence-electron chi connectivity index (χ2n) is 4.90. The maximum absolute atomic E-state index is 13.2. The summed E-state index contributed by atoms with van der Waals surface area (Å²) in [6.45, 7) is 0.160. The molecule has 0 bridgehead atoms. The summed E-state index contributed by atoms with van der Waals surface area (Å²) >= 11 is 0. The van der Waals surface area contributed by atoms with Crippen molar-refractivity contribution in [3.05, 3.63) is 66.2 Å². The number of hydrogen-bond acceptors (Lipinski definition) is 3. The minimum Gasteiger partial charge on any atom is -0.464 e. The van der Waals surface area contributed by atoms with Crippen LogP contribution in [-0.4, -0.2) is 19.4 Å². The number of halogens is 1. The standard InChI is InChI=1S/C17H14FNO2/c1-19(13-6-4-5-12(18)9-13)10-16(20)15-11-21-17-8-3-2-7-14(15)17/h2-9,11H,10H2,1H3. The predicted molar refractivity (Wildman–Crippen MR) is 80.2 cm³/mol. The SMILES string of the molecule is CN(CC(=O)c1coc2ccccc12)c1cccc(F)c1. The maximum atomic E-state index is 13.2. The lowest BCUT2D eigenvalue weighted by molar-refractivity contribution is 0.100. The number of nitrogens with zero attached hydrogens (tertiary/aromatic N) is 1. The molecule has 0 unspecified atom stereocenters. The van der Waals surface area contributed by atoms with Gasteiger partial charge in [-0.25, -0.2) is 4.39 Å². The smallest absolute Gasteiger partial charge is 0.185 e. The number of hydrogen-bond donors (Lipinski definition) is 0. The molecule has 0 amide bonds. The van der Waals surface area contributed by atoms with Gasteiger partial charge in [0.15, 0.2) is 5.78 Å². The van der Waals surface area contributed by atoms with Crippen LogP contribution in [0.2, 0.25) is 0 Å². The van der Waals surface area contributed by atoms with E-state index >= 15 is 0 Å². The molecule has 3 aromatic rings. The van der Waals surface area contributed by atoms with Crippen LogP contribution in [0.25, 0.3) is 11.0 Å². The average molecular weight is 283 g/mol. The average Bonchev–Trinajstić information content (AvgIpc) is 2.91. The van der Waals surface area contributed by atoms with E-state index in [-0.39, 0.29) is 18.1 Å². The first-order chi connectivity index (χ1) is 10.1. The van der Waals surface area contributed by atoms with Crippen LogP contribution in [0.5, 0.6) is 0 Å². The van der Waals surface area contributed by atoms with Crippen molar-refractivity contribution in [2.75, 3.05) is 18.5 Å². The van der Waals surface area contributed by atoms with Crippen molar-refractivity contribution in [3.63, 3.8) is 0 Å². The van der Waals surface area contributed by atoms with Crippen molar-refractivity contribution >= 4 is 22.4 Å². The second-order valence-corrected chi connectivity index (χ2v) is 4.90. The number of fused-ring (bicyclic) bond motifs is 1. The Kier molecular flexibility index (Phi) is 3.44. The van der Waals surface area contributed by atoms with Gasteiger partial charge in [-0.05, 0) is 24.3 Å². The molecule has 0 atom stereocenters. The molecule has 0 aliphatic heterocycles. The molecule has 3 rings (SSSR count). The first kappa shape index (κ1) is 13.4. The van der Waals surface area contributed by atoms with Crippen LogP contribution >= 0.6 is 0 Å². The van der Waals surface area contributed by atoms with Crippen LogP contribution in [0.1, 0.15) is 10.4 Å². The van der Waals surface area contributed by atoms with E-state index in [1.54, 1.807) is 24.1 Å². The number of ketones is 1. The third-order valence-corrected chi connectivity index (χ3v) is 3.41. The number of likely N-dealkylation sites (N-methyl/N-ethyl adjacent to an activating group) is 1. The van der Waals surface area contributed by atoms with Gasteiger partial charge in [-0.1, -0.05) is 24.3 Å². The molecule has 21 heavy (non-hydrogen) atoms. The molecule has 1 heterocycles. The monoisotopic (exact) mass is 283 g/mol. The molecule has 0 aliphatic rings. The highest BCUT2D eigenvalue weighted by Crippen LogP contribution is 2.22. The summed E-state index contributed by atoms with van der Waals surface area (Å²) in [6.07, 6.45) is 1.48. The van der Waals surface area contributed by atoms with Gasteiger partial charge in [0, 0.05) is 18.1 Å². The zero-order chi connectivity index (χ0) is 14.8. The number of carbonyl (C=O) groups excluding carboxylic acids is 1. The third kappa shape index (κ3) is 2.65. The molecule has 0 aliphatic carbocycles. The normalized spacial score (nSPS) is 10.8. The highest BCUT2D eigenvalue weighted by molar-refractivity contribution is 6.08. The molecule has 1 aromatic heterocycles. The lowest BCUT2D eigenvalue weighted by atomic mass is 10.1. The van der Waals surface area contributed by atoms with Crippen LogP contribution in [0.3, 0.4) is 0 Å². The van der Waals surface area contributed by atoms with Crippen LogP contribution < -0.4 is 4.90 Å². The summed E-state index contributed by atoms with van der Waals surface area (Å²) in [4.78, 5) is 14.1. The Morgan fingerprint density at radius 1 is 1.19 bits per heavy atom. The number of furan rings is 1. The Morgan fingerprint density at radius 2 is 2.00 bits per heavy atom. The van der Waals surface area contributed by atoms with Crippen molar-refractivity contribution < 1.29 is 13.6 Å². The minimum atomic E-state index is -0.319. The Balaban J connectivity index is 1.83. The zero-order valence-electron chi connectivity index (χ0n) is 11.5. The van der Waals surface area contributed by atoms with Gasteiger partial charge in [-0.3, -0.25) is 4.79 Å². The summed E-state index contributed by atoms with van der Waals surface area (Å²) in [5, 5.41) is 0.801. The summed E-state index contributed by atoms with van der Waals surface area (Å²) < 4.78 is 18.6. The van der Waals surface area contributed by atoms with Gasteiger partial charge in [0.2, 0.25) is 0 Å². The van der Waals surface area contributed by atoms with Gasteiger partial charge in [-0.2, -0.15) is 0 Å². The summed E-state index contributed by atoms with van der Waals surface area (Å²) in [5.41, 5.74) is 1.90. The van der Waals surface area contributed by atoms with Gasteiger partial charge in [0.1, 0.15) is 17.7 Å². The molecule has 0 saturated carbocycles. The Hall–Kier alpha value is -2.62. The van der Waals surface area contributed by atoms with E-state index < -0.39 is 0 Å². The lowest BCUT2D eigenvalue weighted by Gasteiger charge is -2.18. The summed E-state index contributed by atoms with van der Waals surface area (Å²) in [6, 6.07) is 13.6. The fourth-order valence-electron chi connectivity index (χ4n) is 2.30. The molecule has 4 heteroatoms. The molecule has 3 nitrogen and oxygen atoms in total. The van der Waals surface area contributed by atoms with E-state index in [1.807, 2.05) is 24.3 Å². The van der Waals surface area contributed by atoms with E-state index in [0.29, 0.717) is 16.8 Å². The Morgan fingerprint density at radius 3 is 2.81 bits per heavy atom.